The highest BCUT2D eigenvalue weighted by Crippen LogP contribution is 2.21. The predicted molar refractivity (Wildman–Crippen MR) is 71.1 cm³/mol. The van der Waals surface area contributed by atoms with Crippen LogP contribution in [0.2, 0.25) is 5.02 Å². The molecule has 4 nitrogen and oxygen atoms in total. The van der Waals surface area contributed by atoms with Gasteiger partial charge in [-0.25, -0.2) is 0 Å². The van der Waals surface area contributed by atoms with E-state index in [9.17, 15) is 9.90 Å². The van der Waals surface area contributed by atoms with Gasteiger partial charge in [0.05, 0.1) is 5.56 Å². The number of carbonyl (C=O) groups is 1. The van der Waals surface area contributed by atoms with Crippen molar-refractivity contribution in [3.63, 3.8) is 0 Å². The van der Waals surface area contributed by atoms with Gasteiger partial charge >= 0.3 is 0 Å². The highest BCUT2D eigenvalue weighted by molar-refractivity contribution is 6.31. The smallest absolute Gasteiger partial charge is 0.255 e. The summed E-state index contributed by atoms with van der Waals surface area (Å²) in [6.45, 7) is 1.66. The van der Waals surface area contributed by atoms with Crippen LogP contribution >= 0.6 is 11.6 Å². The van der Waals surface area contributed by atoms with E-state index in [1.54, 1.807) is 6.07 Å². The van der Waals surface area contributed by atoms with Gasteiger partial charge < -0.3 is 15.7 Å². The number of halogens is 1. The number of benzene rings is 1. The third-order valence-electron chi connectivity index (χ3n) is 3.14. The number of amides is 1. The molecule has 98 valence electrons. The van der Waals surface area contributed by atoms with Crippen LogP contribution in [0.1, 0.15) is 29.6 Å². The van der Waals surface area contributed by atoms with E-state index in [0.717, 1.165) is 19.4 Å². The molecule has 1 amide bonds. The lowest BCUT2D eigenvalue weighted by Crippen LogP contribution is -2.30. The lowest BCUT2D eigenvalue weighted by atomic mass is 10.1. The number of hydrogen-bond acceptors (Lipinski definition) is 3. The van der Waals surface area contributed by atoms with E-state index in [1.165, 1.54) is 18.6 Å². The molecule has 1 aromatic carbocycles. The average molecular weight is 269 g/mol. The topological polar surface area (TPSA) is 61.4 Å². The second-order valence-corrected chi connectivity index (χ2v) is 4.94. The van der Waals surface area contributed by atoms with E-state index in [4.69, 9.17) is 11.6 Å². The van der Waals surface area contributed by atoms with Gasteiger partial charge in [-0.05, 0) is 44.0 Å². The van der Waals surface area contributed by atoms with Crippen LogP contribution in [0.15, 0.2) is 18.2 Å². The standard InChI is InChI=1S/C13H17ClN2O2/c14-9-3-4-12(17)11(8-9)13(18)16-7-5-10-2-1-6-15-10/h3-4,8,10,15,17H,1-2,5-7H2,(H,16,18)/t10-/m1/s1. The summed E-state index contributed by atoms with van der Waals surface area (Å²) in [6.07, 6.45) is 3.28. The number of carbonyl (C=O) groups excluding carboxylic acids is 1. The molecule has 0 spiro atoms. The fraction of sp³-hybridized carbons (Fsp3) is 0.462. The highest BCUT2D eigenvalue weighted by atomic mass is 35.5. The van der Waals surface area contributed by atoms with E-state index >= 15 is 0 Å². The molecule has 0 aliphatic carbocycles. The van der Waals surface area contributed by atoms with Crippen LogP contribution in [-0.4, -0.2) is 30.1 Å². The van der Waals surface area contributed by atoms with E-state index in [1.807, 2.05) is 0 Å². The van der Waals surface area contributed by atoms with Gasteiger partial charge in [-0.1, -0.05) is 11.6 Å². The minimum atomic E-state index is -0.284. The number of hydrogen-bond donors (Lipinski definition) is 3. The molecule has 2 rings (SSSR count). The van der Waals surface area contributed by atoms with Gasteiger partial charge in [0.25, 0.3) is 5.91 Å². The first-order valence-electron chi connectivity index (χ1n) is 6.17. The normalized spacial score (nSPS) is 18.8. The number of phenols is 1. The largest absolute Gasteiger partial charge is 0.507 e. The second kappa shape index (κ2) is 6.07. The molecule has 1 atom stereocenters. The van der Waals surface area contributed by atoms with Crippen molar-refractivity contribution in [1.29, 1.82) is 0 Å². The van der Waals surface area contributed by atoms with Crippen LogP contribution in [0.3, 0.4) is 0 Å². The quantitative estimate of drug-likeness (QED) is 0.782. The van der Waals surface area contributed by atoms with E-state index in [2.05, 4.69) is 10.6 Å². The first-order chi connectivity index (χ1) is 8.66. The zero-order valence-electron chi connectivity index (χ0n) is 10.1. The molecule has 18 heavy (non-hydrogen) atoms. The lowest BCUT2D eigenvalue weighted by Gasteiger charge is -2.11. The van der Waals surface area contributed by atoms with Crippen LogP contribution in [0.5, 0.6) is 5.75 Å². The summed E-state index contributed by atoms with van der Waals surface area (Å²) < 4.78 is 0. The van der Waals surface area contributed by atoms with Crippen molar-refractivity contribution >= 4 is 17.5 Å². The molecule has 0 saturated carbocycles. The molecule has 0 bridgehead atoms. The van der Waals surface area contributed by atoms with Crippen LogP contribution in [0.25, 0.3) is 0 Å². The zero-order chi connectivity index (χ0) is 13.0. The van der Waals surface area contributed by atoms with E-state index in [0.29, 0.717) is 17.6 Å². The van der Waals surface area contributed by atoms with Crippen molar-refractivity contribution in [3.05, 3.63) is 28.8 Å². The fourth-order valence-electron chi connectivity index (χ4n) is 2.15. The first kappa shape index (κ1) is 13.2. The Labute approximate surface area is 111 Å². The summed E-state index contributed by atoms with van der Waals surface area (Å²) in [5.74, 6) is -0.330. The summed E-state index contributed by atoms with van der Waals surface area (Å²) in [5.41, 5.74) is 0.224. The number of nitrogens with one attached hydrogen (secondary N) is 2. The third-order valence-corrected chi connectivity index (χ3v) is 3.38. The molecular weight excluding hydrogens is 252 g/mol. The molecule has 1 aliphatic heterocycles. The maximum absolute atomic E-state index is 11.8. The number of phenolic OH excluding ortho intramolecular Hbond substituents is 1. The van der Waals surface area contributed by atoms with Crippen molar-refractivity contribution in [2.45, 2.75) is 25.3 Å². The van der Waals surface area contributed by atoms with Crippen molar-refractivity contribution in [1.82, 2.24) is 10.6 Å². The summed E-state index contributed by atoms with van der Waals surface area (Å²) in [5, 5.41) is 16.2. The van der Waals surface area contributed by atoms with Crippen molar-refractivity contribution in [2.24, 2.45) is 0 Å². The predicted octanol–water partition coefficient (Wildman–Crippen LogP) is 1.92. The summed E-state index contributed by atoms with van der Waals surface area (Å²) in [7, 11) is 0. The molecule has 1 heterocycles. The first-order valence-corrected chi connectivity index (χ1v) is 6.54. The Hall–Kier alpha value is -1.26. The molecule has 1 aliphatic rings. The molecule has 0 unspecified atom stereocenters. The van der Waals surface area contributed by atoms with Gasteiger partial charge in [0.1, 0.15) is 5.75 Å². The Bertz CT molecular complexity index is 431. The minimum Gasteiger partial charge on any atom is -0.507 e. The molecule has 3 N–H and O–H groups in total. The summed E-state index contributed by atoms with van der Waals surface area (Å²) in [6, 6.07) is 4.95. The molecule has 0 radical (unpaired) electrons. The van der Waals surface area contributed by atoms with Crippen molar-refractivity contribution < 1.29 is 9.90 Å². The highest BCUT2D eigenvalue weighted by Gasteiger charge is 2.15. The fourth-order valence-corrected chi connectivity index (χ4v) is 2.32. The van der Waals surface area contributed by atoms with Gasteiger partial charge in [0.15, 0.2) is 0 Å². The third kappa shape index (κ3) is 3.37. The van der Waals surface area contributed by atoms with Gasteiger partial charge in [-0.15, -0.1) is 0 Å². The molecular formula is C13H17ClN2O2. The Morgan fingerprint density at radius 2 is 2.39 bits per heavy atom. The van der Waals surface area contributed by atoms with Crippen LogP contribution in [-0.2, 0) is 0 Å². The van der Waals surface area contributed by atoms with Crippen LogP contribution in [0, 0.1) is 0 Å². The molecule has 1 fully saturated rings. The number of rotatable bonds is 4. The maximum Gasteiger partial charge on any atom is 0.255 e. The minimum absolute atomic E-state index is 0.0455. The van der Waals surface area contributed by atoms with Crippen LogP contribution < -0.4 is 10.6 Å². The van der Waals surface area contributed by atoms with Gasteiger partial charge in [0.2, 0.25) is 0 Å². The molecule has 0 aromatic heterocycles. The van der Waals surface area contributed by atoms with Gasteiger partial charge in [-0.3, -0.25) is 4.79 Å². The second-order valence-electron chi connectivity index (χ2n) is 4.50. The monoisotopic (exact) mass is 268 g/mol. The lowest BCUT2D eigenvalue weighted by molar-refractivity contribution is 0.0949. The zero-order valence-corrected chi connectivity index (χ0v) is 10.8. The Morgan fingerprint density at radius 1 is 1.56 bits per heavy atom. The van der Waals surface area contributed by atoms with Gasteiger partial charge in [0, 0.05) is 17.6 Å². The Morgan fingerprint density at radius 3 is 3.11 bits per heavy atom. The molecule has 1 saturated heterocycles. The molecule has 1 aromatic rings. The maximum atomic E-state index is 11.8. The van der Waals surface area contributed by atoms with E-state index < -0.39 is 0 Å². The number of aromatic hydroxyl groups is 1. The SMILES string of the molecule is O=C(NCC[C@H]1CCCN1)c1cc(Cl)ccc1O. The summed E-state index contributed by atoms with van der Waals surface area (Å²) in [4.78, 5) is 11.8. The van der Waals surface area contributed by atoms with E-state index in [-0.39, 0.29) is 17.2 Å². The van der Waals surface area contributed by atoms with Gasteiger partial charge in [-0.2, -0.15) is 0 Å². The van der Waals surface area contributed by atoms with Crippen molar-refractivity contribution in [2.75, 3.05) is 13.1 Å². The summed E-state index contributed by atoms with van der Waals surface area (Å²) >= 11 is 5.80. The van der Waals surface area contributed by atoms with Crippen LogP contribution in [0.4, 0.5) is 0 Å². The van der Waals surface area contributed by atoms with Crippen molar-refractivity contribution in [3.8, 4) is 5.75 Å². The average Bonchev–Trinajstić information content (AvgIpc) is 2.85. The Kier molecular flexibility index (Phi) is 4.44. The molecule has 5 heteroatoms. The Balaban J connectivity index is 1.85.